The minimum absolute atomic E-state index is 0. The van der Waals surface area contributed by atoms with Gasteiger partial charge in [0.25, 0.3) is 0 Å². The highest BCUT2D eigenvalue weighted by atomic mass is 35.5. The average Bonchev–Trinajstić information content (AvgIpc) is 2.06. The van der Waals surface area contributed by atoms with Crippen molar-refractivity contribution in [3.63, 3.8) is 0 Å². The number of halogens is 1. The summed E-state index contributed by atoms with van der Waals surface area (Å²) >= 11 is 0. The Labute approximate surface area is 76.8 Å². The van der Waals surface area contributed by atoms with E-state index >= 15 is 0 Å². The first-order valence-corrected chi connectivity index (χ1v) is 3.64. The molecule has 0 amide bonds. The van der Waals surface area contributed by atoms with E-state index < -0.39 is 6.10 Å². The van der Waals surface area contributed by atoms with Gasteiger partial charge in [-0.25, -0.2) is 4.98 Å². The number of aromatic nitrogens is 1. The standard InChI is InChI=1S/C8H9NO2.ClH/c10-7-3-5-11-8-6(7)2-1-4-9-8;/h1-2,4,7,10H,3,5H2;1H. The number of rotatable bonds is 0. The third kappa shape index (κ3) is 1.52. The molecular weight excluding hydrogens is 178 g/mol. The molecule has 0 spiro atoms. The van der Waals surface area contributed by atoms with E-state index in [9.17, 15) is 5.11 Å². The lowest BCUT2D eigenvalue weighted by Crippen LogP contribution is -2.14. The molecule has 12 heavy (non-hydrogen) atoms. The van der Waals surface area contributed by atoms with Crippen LogP contribution in [-0.2, 0) is 0 Å². The van der Waals surface area contributed by atoms with Gasteiger partial charge in [0.1, 0.15) is 0 Å². The summed E-state index contributed by atoms with van der Waals surface area (Å²) < 4.78 is 5.22. The predicted molar refractivity (Wildman–Crippen MR) is 46.6 cm³/mol. The summed E-state index contributed by atoms with van der Waals surface area (Å²) in [6, 6.07) is 3.64. The quantitative estimate of drug-likeness (QED) is 0.666. The van der Waals surface area contributed by atoms with Gasteiger partial charge in [0.15, 0.2) is 0 Å². The Balaban J connectivity index is 0.000000720. The highest BCUT2D eigenvalue weighted by Gasteiger charge is 2.18. The number of nitrogens with zero attached hydrogens (tertiary/aromatic N) is 1. The molecule has 0 aromatic carbocycles. The van der Waals surface area contributed by atoms with Crippen molar-refractivity contribution >= 4 is 12.4 Å². The third-order valence-electron chi connectivity index (χ3n) is 1.79. The van der Waals surface area contributed by atoms with Gasteiger partial charge in [-0.05, 0) is 12.1 Å². The molecule has 2 rings (SSSR count). The minimum atomic E-state index is -0.396. The summed E-state index contributed by atoms with van der Waals surface area (Å²) in [6.45, 7) is 0.561. The van der Waals surface area contributed by atoms with Crippen molar-refractivity contribution in [2.45, 2.75) is 12.5 Å². The molecular formula is C8H10ClNO2. The molecule has 1 aliphatic heterocycles. The van der Waals surface area contributed by atoms with Gasteiger partial charge in [-0.3, -0.25) is 0 Å². The van der Waals surface area contributed by atoms with Crippen LogP contribution < -0.4 is 4.74 Å². The van der Waals surface area contributed by atoms with Crippen LogP contribution in [0, 0.1) is 0 Å². The molecule has 4 heteroatoms. The van der Waals surface area contributed by atoms with E-state index in [-0.39, 0.29) is 12.4 Å². The zero-order chi connectivity index (χ0) is 7.68. The monoisotopic (exact) mass is 187 g/mol. The summed E-state index contributed by atoms with van der Waals surface area (Å²) in [7, 11) is 0. The molecule has 1 atom stereocenters. The van der Waals surface area contributed by atoms with E-state index in [1.54, 1.807) is 12.3 Å². The Kier molecular flexibility index (Phi) is 2.89. The van der Waals surface area contributed by atoms with Gasteiger partial charge in [-0.2, -0.15) is 0 Å². The zero-order valence-electron chi connectivity index (χ0n) is 6.43. The Morgan fingerprint density at radius 2 is 2.42 bits per heavy atom. The van der Waals surface area contributed by atoms with Gasteiger partial charge in [-0.15, -0.1) is 12.4 Å². The molecule has 0 saturated carbocycles. The summed E-state index contributed by atoms with van der Waals surface area (Å²) in [5, 5.41) is 9.44. The van der Waals surface area contributed by atoms with Crippen LogP contribution in [0.25, 0.3) is 0 Å². The van der Waals surface area contributed by atoms with Gasteiger partial charge < -0.3 is 9.84 Å². The topological polar surface area (TPSA) is 42.4 Å². The number of hydrogen-bond donors (Lipinski definition) is 1. The number of hydrogen-bond acceptors (Lipinski definition) is 3. The van der Waals surface area contributed by atoms with Crippen molar-refractivity contribution in [1.29, 1.82) is 0 Å². The fourth-order valence-corrected chi connectivity index (χ4v) is 1.20. The van der Waals surface area contributed by atoms with Crippen molar-refractivity contribution < 1.29 is 9.84 Å². The summed E-state index contributed by atoms with van der Waals surface area (Å²) in [5.74, 6) is 0.575. The lowest BCUT2D eigenvalue weighted by molar-refractivity contribution is 0.112. The summed E-state index contributed by atoms with van der Waals surface area (Å²) in [5.41, 5.74) is 0.804. The van der Waals surface area contributed by atoms with Gasteiger partial charge >= 0.3 is 0 Å². The van der Waals surface area contributed by atoms with Crippen LogP contribution >= 0.6 is 12.4 Å². The molecule has 0 radical (unpaired) electrons. The number of aliphatic hydroxyl groups is 1. The molecule has 0 bridgehead atoms. The van der Waals surface area contributed by atoms with Gasteiger partial charge in [0, 0.05) is 18.2 Å². The molecule has 1 aromatic heterocycles. The largest absolute Gasteiger partial charge is 0.477 e. The molecule has 1 N–H and O–H groups in total. The van der Waals surface area contributed by atoms with Crippen LogP contribution in [0.15, 0.2) is 18.3 Å². The third-order valence-corrected chi connectivity index (χ3v) is 1.79. The van der Waals surface area contributed by atoms with Gasteiger partial charge in [0.05, 0.1) is 12.7 Å². The van der Waals surface area contributed by atoms with E-state index in [1.165, 1.54) is 0 Å². The molecule has 1 unspecified atom stereocenters. The van der Waals surface area contributed by atoms with E-state index in [4.69, 9.17) is 4.74 Å². The molecule has 3 nitrogen and oxygen atoms in total. The molecule has 66 valence electrons. The van der Waals surface area contributed by atoms with E-state index in [0.29, 0.717) is 18.9 Å². The number of pyridine rings is 1. The normalized spacial score (nSPS) is 20.2. The first-order valence-electron chi connectivity index (χ1n) is 3.64. The molecule has 1 aromatic rings. The van der Waals surface area contributed by atoms with Gasteiger partial charge in [-0.1, -0.05) is 0 Å². The van der Waals surface area contributed by atoms with Crippen LogP contribution in [0.2, 0.25) is 0 Å². The Morgan fingerprint density at radius 1 is 1.58 bits per heavy atom. The van der Waals surface area contributed by atoms with Gasteiger partial charge in [0.2, 0.25) is 5.88 Å². The van der Waals surface area contributed by atoms with E-state index in [2.05, 4.69) is 4.98 Å². The second-order valence-electron chi connectivity index (χ2n) is 2.55. The van der Waals surface area contributed by atoms with Crippen molar-refractivity contribution in [3.05, 3.63) is 23.9 Å². The predicted octanol–water partition coefficient (Wildman–Crippen LogP) is 1.32. The fourth-order valence-electron chi connectivity index (χ4n) is 1.20. The summed E-state index contributed by atoms with van der Waals surface area (Å²) in [4.78, 5) is 3.99. The lowest BCUT2D eigenvalue weighted by Gasteiger charge is -2.19. The first-order chi connectivity index (χ1) is 5.38. The molecule has 0 fully saturated rings. The Bertz CT molecular complexity index is 267. The maximum atomic E-state index is 9.44. The van der Waals surface area contributed by atoms with Crippen molar-refractivity contribution in [2.75, 3.05) is 6.61 Å². The van der Waals surface area contributed by atoms with Crippen molar-refractivity contribution in [3.8, 4) is 5.88 Å². The number of fused-ring (bicyclic) bond motifs is 1. The maximum absolute atomic E-state index is 9.44. The number of aliphatic hydroxyl groups excluding tert-OH is 1. The summed E-state index contributed by atoms with van der Waals surface area (Å²) in [6.07, 6.45) is 1.93. The highest BCUT2D eigenvalue weighted by molar-refractivity contribution is 5.85. The average molecular weight is 188 g/mol. The second-order valence-corrected chi connectivity index (χ2v) is 2.55. The number of ether oxygens (including phenoxy) is 1. The van der Waals surface area contributed by atoms with Crippen LogP contribution in [0.4, 0.5) is 0 Å². The van der Waals surface area contributed by atoms with Crippen molar-refractivity contribution in [2.24, 2.45) is 0 Å². The zero-order valence-corrected chi connectivity index (χ0v) is 7.25. The lowest BCUT2D eigenvalue weighted by atomic mass is 10.1. The van der Waals surface area contributed by atoms with Crippen molar-refractivity contribution in [1.82, 2.24) is 4.98 Å². The Morgan fingerprint density at radius 3 is 3.17 bits per heavy atom. The van der Waals surface area contributed by atoms with Crippen LogP contribution in [0.5, 0.6) is 5.88 Å². The minimum Gasteiger partial charge on any atom is -0.477 e. The van der Waals surface area contributed by atoms with Crippen LogP contribution in [0.3, 0.4) is 0 Å². The van der Waals surface area contributed by atoms with Crippen LogP contribution in [-0.4, -0.2) is 16.7 Å². The Hall–Kier alpha value is -0.800. The first kappa shape index (κ1) is 9.29. The smallest absolute Gasteiger partial charge is 0.219 e. The van der Waals surface area contributed by atoms with Crippen LogP contribution in [0.1, 0.15) is 18.1 Å². The fraction of sp³-hybridized carbons (Fsp3) is 0.375. The molecule has 1 aliphatic rings. The second kappa shape index (κ2) is 3.74. The van der Waals surface area contributed by atoms with E-state index in [1.807, 2.05) is 6.07 Å². The molecule has 0 saturated heterocycles. The maximum Gasteiger partial charge on any atom is 0.219 e. The van der Waals surface area contributed by atoms with E-state index in [0.717, 1.165) is 5.56 Å². The molecule has 0 aliphatic carbocycles. The SMILES string of the molecule is Cl.OC1CCOc2ncccc21. The molecule has 2 heterocycles. The highest BCUT2D eigenvalue weighted by Crippen LogP contribution is 2.28.